The Morgan fingerprint density at radius 1 is 1.09 bits per heavy atom. The number of carbonyl (C=O) groups excluding carboxylic acids is 3. The molecule has 0 aromatic heterocycles. The lowest BCUT2D eigenvalue weighted by molar-refractivity contribution is -0.147. The van der Waals surface area contributed by atoms with Crippen molar-refractivity contribution in [3.63, 3.8) is 0 Å². The van der Waals surface area contributed by atoms with E-state index < -0.39 is 33.4 Å². The predicted molar refractivity (Wildman–Crippen MR) is 186 cm³/mol. The number of benzene rings is 2. The van der Waals surface area contributed by atoms with E-state index in [0.717, 1.165) is 35.2 Å². The largest absolute Gasteiger partial charge is 0.394 e. The van der Waals surface area contributed by atoms with Crippen molar-refractivity contribution < 1.29 is 19.5 Å². The molecule has 0 radical (unpaired) electrons. The van der Waals surface area contributed by atoms with E-state index in [4.69, 9.17) is 0 Å². The van der Waals surface area contributed by atoms with Gasteiger partial charge in [0.1, 0.15) is 6.04 Å². The number of hydrogen-bond donors (Lipinski definition) is 1. The highest BCUT2D eigenvalue weighted by atomic mass is 32.2. The smallest absolute Gasteiger partial charge is 0.251 e. The van der Waals surface area contributed by atoms with Gasteiger partial charge < -0.3 is 19.8 Å². The van der Waals surface area contributed by atoms with E-state index in [0.29, 0.717) is 19.5 Å². The summed E-state index contributed by atoms with van der Waals surface area (Å²) in [7, 11) is 0. The SMILES string of the molecule is C=CCN(Cc1ccccc1)C(=O)[C@@H]1[C@H]2C(=O)N([C@@H](CO)[C@@H](C)CC)C(C(=O)N(CC=C)c3cc(C)ccc3C)C23CC[C@@]1(C)S3. The second-order valence-electron chi connectivity index (χ2n) is 13.6. The number of aliphatic hydroxyl groups is 1. The van der Waals surface area contributed by atoms with Gasteiger partial charge in [0.25, 0.3) is 5.91 Å². The molecule has 3 amide bonds. The van der Waals surface area contributed by atoms with Crippen LogP contribution in [0.2, 0.25) is 0 Å². The fourth-order valence-corrected chi connectivity index (χ4v) is 10.5. The molecular formula is C38H49N3O4S. The molecule has 2 aromatic rings. The van der Waals surface area contributed by atoms with Crippen molar-refractivity contribution >= 4 is 35.2 Å². The molecule has 1 spiro atoms. The molecule has 3 aliphatic rings. The molecule has 0 saturated carbocycles. The van der Waals surface area contributed by atoms with Gasteiger partial charge in [-0.25, -0.2) is 0 Å². The van der Waals surface area contributed by atoms with Crippen LogP contribution in [0.25, 0.3) is 0 Å². The van der Waals surface area contributed by atoms with Crippen LogP contribution in [0.4, 0.5) is 5.69 Å². The van der Waals surface area contributed by atoms with Crippen LogP contribution < -0.4 is 4.90 Å². The van der Waals surface area contributed by atoms with Crippen LogP contribution in [0, 0.1) is 31.6 Å². The number of rotatable bonds is 13. The third-order valence-electron chi connectivity index (χ3n) is 10.7. The highest BCUT2D eigenvalue weighted by Crippen LogP contribution is 2.72. The van der Waals surface area contributed by atoms with Gasteiger partial charge in [-0.3, -0.25) is 14.4 Å². The Morgan fingerprint density at radius 3 is 2.41 bits per heavy atom. The molecule has 0 aliphatic carbocycles. The predicted octanol–water partition coefficient (Wildman–Crippen LogP) is 5.93. The quantitative estimate of drug-likeness (QED) is 0.274. The van der Waals surface area contributed by atoms with E-state index >= 15 is 4.79 Å². The minimum absolute atomic E-state index is 0.0460. The van der Waals surface area contributed by atoms with Gasteiger partial charge in [-0.2, -0.15) is 0 Å². The van der Waals surface area contributed by atoms with Crippen LogP contribution in [0.1, 0.15) is 56.7 Å². The Morgan fingerprint density at radius 2 is 1.78 bits per heavy atom. The average molecular weight is 644 g/mol. The number of thioether (sulfide) groups is 1. The van der Waals surface area contributed by atoms with Crippen LogP contribution >= 0.6 is 11.8 Å². The van der Waals surface area contributed by atoms with Crippen molar-refractivity contribution in [2.45, 2.75) is 82.0 Å². The van der Waals surface area contributed by atoms with Crippen molar-refractivity contribution in [1.29, 1.82) is 0 Å². The summed E-state index contributed by atoms with van der Waals surface area (Å²) in [6, 6.07) is 14.5. The van der Waals surface area contributed by atoms with Crippen molar-refractivity contribution in [2.75, 3.05) is 24.6 Å². The van der Waals surface area contributed by atoms with Crippen LogP contribution in [0.3, 0.4) is 0 Å². The third kappa shape index (κ3) is 5.62. The molecule has 1 N–H and O–H groups in total. The van der Waals surface area contributed by atoms with Crippen LogP contribution in [0.15, 0.2) is 73.8 Å². The molecule has 2 aromatic carbocycles. The maximum Gasteiger partial charge on any atom is 0.251 e. The normalized spacial score (nSPS) is 27.7. The summed E-state index contributed by atoms with van der Waals surface area (Å²) in [5, 5.41) is 10.8. The lowest BCUT2D eigenvalue weighted by atomic mass is 9.66. The molecule has 3 aliphatic heterocycles. The highest BCUT2D eigenvalue weighted by Gasteiger charge is 2.78. The Balaban J connectivity index is 1.63. The zero-order chi connectivity index (χ0) is 33.4. The Bertz CT molecular complexity index is 1500. The second-order valence-corrected chi connectivity index (χ2v) is 15.5. The van der Waals surface area contributed by atoms with E-state index in [2.05, 4.69) is 20.1 Å². The number of nitrogens with zero attached hydrogens (tertiary/aromatic N) is 3. The van der Waals surface area contributed by atoms with Crippen molar-refractivity contribution in [1.82, 2.24) is 9.80 Å². The Hall–Kier alpha value is -3.36. The first-order chi connectivity index (χ1) is 22.0. The van der Waals surface area contributed by atoms with E-state index in [1.807, 2.05) is 76.2 Å². The van der Waals surface area contributed by atoms with Crippen LogP contribution in [-0.2, 0) is 20.9 Å². The number of amides is 3. The number of carbonyl (C=O) groups is 3. The van der Waals surface area contributed by atoms with Crippen molar-refractivity contribution in [3.05, 3.63) is 90.5 Å². The van der Waals surface area contributed by atoms with Gasteiger partial charge >= 0.3 is 0 Å². The fourth-order valence-electron chi connectivity index (χ4n) is 8.17. The zero-order valence-corrected chi connectivity index (χ0v) is 28.8. The average Bonchev–Trinajstić information content (AvgIpc) is 3.61. The van der Waals surface area contributed by atoms with E-state index in [1.165, 1.54) is 0 Å². The van der Waals surface area contributed by atoms with E-state index in [-0.39, 0.29) is 36.8 Å². The highest BCUT2D eigenvalue weighted by molar-refractivity contribution is 8.02. The fraction of sp³-hybridized carbons (Fsp3) is 0.500. The minimum atomic E-state index is -0.831. The topological polar surface area (TPSA) is 81.2 Å². The summed E-state index contributed by atoms with van der Waals surface area (Å²) < 4.78 is -1.31. The Labute approximate surface area is 278 Å². The van der Waals surface area contributed by atoms with Gasteiger partial charge in [-0.05, 0) is 62.3 Å². The maximum absolute atomic E-state index is 15.2. The van der Waals surface area contributed by atoms with Gasteiger partial charge in [0.15, 0.2) is 0 Å². The molecule has 8 heteroatoms. The van der Waals surface area contributed by atoms with Gasteiger partial charge in [0.05, 0.1) is 29.2 Å². The number of aryl methyl sites for hydroxylation is 2. The molecule has 7 atom stereocenters. The van der Waals surface area contributed by atoms with E-state index in [1.54, 1.807) is 38.6 Å². The molecular weight excluding hydrogens is 595 g/mol. The first kappa shape index (κ1) is 34.0. The second kappa shape index (κ2) is 13.4. The number of aliphatic hydroxyl groups excluding tert-OH is 1. The number of fused-ring (bicyclic) bond motifs is 1. The van der Waals surface area contributed by atoms with Crippen molar-refractivity contribution in [2.24, 2.45) is 17.8 Å². The first-order valence-corrected chi connectivity index (χ1v) is 17.4. The van der Waals surface area contributed by atoms with Gasteiger partial charge in [-0.15, -0.1) is 24.9 Å². The molecule has 5 rings (SSSR count). The number of hydrogen-bond acceptors (Lipinski definition) is 5. The van der Waals surface area contributed by atoms with E-state index in [9.17, 15) is 14.7 Å². The first-order valence-electron chi connectivity index (χ1n) is 16.5. The van der Waals surface area contributed by atoms with Crippen molar-refractivity contribution in [3.8, 4) is 0 Å². The summed E-state index contributed by atoms with van der Waals surface area (Å²) in [5.41, 5.74) is 3.78. The van der Waals surface area contributed by atoms with Gasteiger partial charge in [0, 0.05) is 30.1 Å². The molecule has 2 unspecified atom stereocenters. The molecule has 46 heavy (non-hydrogen) atoms. The summed E-state index contributed by atoms with van der Waals surface area (Å²) in [6.45, 7) is 18.8. The minimum Gasteiger partial charge on any atom is -0.394 e. The summed E-state index contributed by atoms with van der Waals surface area (Å²) in [6.07, 6.45) is 5.56. The standard InChI is InChI=1S/C38H49N3O4S/c1-8-20-39(23-28-14-12-11-13-15-28)34(43)31-32-35(44)41(30(24-42)26(5)10-3)33(38(32)19-18-37(31,7)46-38)36(45)40(21-9-2)29-22-25(4)16-17-27(29)6/h8-9,11-17,22,26,30-33,42H,1-2,10,18-21,23-24H2,3-7H3/t26-,30-,31-,32-,33?,37+,38?/m0/s1. The zero-order valence-electron chi connectivity index (χ0n) is 27.9. The van der Waals surface area contributed by atoms with Crippen LogP contribution in [-0.4, -0.2) is 73.9 Å². The number of anilines is 1. The number of likely N-dealkylation sites (tertiary alicyclic amines) is 1. The van der Waals surface area contributed by atoms with Gasteiger partial charge in [-0.1, -0.05) is 74.9 Å². The molecule has 7 nitrogen and oxygen atoms in total. The maximum atomic E-state index is 15.2. The molecule has 2 bridgehead atoms. The van der Waals surface area contributed by atoms with Gasteiger partial charge in [0.2, 0.25) is 11.8 Å². The molecule has 246 valence electrons. The third-order valence-corrected chi connectivity index (χ3v) is 12.7. The Kier molecular flexibility index (Phi) is 9.90. The molecule has 3 fully saturated rings. The summed E-state index contributed by atoms with van der Waals surface area (Å²) in [5.74, 6) is -1.77. The lowest BCUT2D eigenvalue weighted by Gasteiger charge is -2.41. The van der Waals surface area contributed by atoms with Crippen LogP contribution in [0.5, 0.6) is 0 Å². The molecule has 3 saturated heterocycles. The summed E-state index contributed by atoms with van der Waals surface area (Å²) in [4.78, 5) is 50.1. The lowest BCUT2D eigenvalue weighted by Crippen LogP contribution is -2.59. The molecule has 3 heterocycles. The summed E-state index contributed by atoms with van der Waals surface area (Å²) >= 11 is 1.67. The monoisotopic (exact) mass is 643 g/mol.